The van der Waals surface area contributed by atoms with Crippen molar-refractivity contribution in [2.24, 2.45) is 11.7 Å². The van der Waals surface area contributed by atoms with E-state index in [1.807, 2.05) is 0 Å². The Balaban J connectivity index is 2.11. The third-order valence-electron chi connectivity index (χ3n) is 6.06. The maximum absolute atomic E-state index is 6.64. The minimum Gasteiger partial charge on any atom is -0.416 e. The highest BCUT2D eigenvalue weighted by Crippen LogP contribution is 2.37. The van der Waals surface area contributed by atoms with Gasteiger partial charge in [0.1, 0.15) is 0 Å². The van der Waals surface area contributed by atoms with E-state index in [1.54, 1.807) is 0 Å². The second-order valence-electron chi connectivity index (χ2n) is 9.64. The fourth-order valence-corrected chi connectivity index (χ4v) is 4.38. The Labute approximate surface area is 179 Å². The number of rotatable bonds is 11. The van der Waals surface area contributed by atoms with Gasteiger partial charge in [0.2, 0.25) is 0 Å². The Morgan fingerprint density at radius 2 is 1.48 bits per heavy atom. The van der Waals surface area contributed by atoms with Crippen LogP contribution in [-0.2, 0) is 17.4 Å². The van der Waals surface area contributed by atoms with Crippen LogP contribution < -0.4 is 5.73 Å². The van der Waals surface area contributed by atoms with Gasteiger partial charge in [-0.2, -0.15) is 0 Å². The Kier molecular flexibility index (Phi) is 9.09. The lowest BCUT2D eigenvalue weighted by Crippen LogP contribution is -2.43. The van der Waals surface area contributed by atoms with Gasteiger partial charge in [-0.3, -0.25) is 4.90 Å². The van der Waals surface area contributed by atoms with Gasteiger partial charge in [-0.15, -0.1) is 0 Å². The summed E-state index contributed by atoms with van der Waals surface area (Å²) < 4.78 is 6.64. The molecule has 0 radical (unpaired) electrons. The predicted octanol–water partition coefficient (Wildman–Crippen LogP) is 5.33. The first-order valence-corrected chi connectivity index (χ1v) is 13.8. The van der Waals surface area contributed by atoms with Crippen molar-refractivity contribution in [3.63, 3.8) is 0 Å². The van der Waals surface area contributed by atoms with E-state index in [-0.39, 0.29) is 5.04 Å². The lowest BCUT2D eigenvalue weighted by Gasteiger charge is -2.38. The molecule has 0 spiro atoms. The average Bonchev–Trinajstić information content (AvgIpc) is 2.67. The van der Waals surface area contributed by atoms with Gasteiger partial charge < -0.3 is 10.2 Å². The molecular weight excluding hydrogens is 372 g/mol. The predicted molar refractivity (Wildman–Crippen MR) is 128 cm³/mol. The average molecular weight is 413 g/mol. The van der Waals surface area contributed by atoms with Crippen molar-refractivity contribution >= 4 is 8.32 Å². The van der Waals surface area contributed by atoms with Crippen molar-refractivity contribution < 1.29 is 4.43 Å². The second-order valence-corrected chi connectivity index (χ2v) is 14.4. The summed E-state index contributed by atoms with van der Waals surface area (Å²) in [7, 11) is -1.77. The van der Waals surface area contributed by atoms with Crippen molar-refractivity contribution in [2.45, 2.75) is 51.9 Å². The topological polar surface area (TPSA) is 38.5 Å². The summed E-state index contributed by atoms with van der Waals surface area (Å²) in [6.07, 6.45) is 1.03. The molecule has 160 valence electrons. The molecule has 0 saturated heterocycles. The first-order chi connectivity index (χ1) is 13.7. The van der Waals surface area contributed by atoms with E-state index in [0.717, 1.165) is 32.7 Å². The first kappa shape index (κ1) is 23.8. The summed E-state index contributed by atoms with van der Waals surface area (Å²) in [4.78, 5) is 2.48. The quantitative estimate of drug-likeness (QED) is 0.507. The van der Waals surface area contributed by atoms with Gasteiger partial charge in [0.25, 0.3) is 0 Å². The lowest BCUT2D eigenvalue weighted by molar-refractivity contribution is 0.163. The molecule has 0 fully saturated rings. The van der Waals surface area contributed by atoms with Crippen molar-refractivity contribution in [2.75, 3.05) is 26.2 Å². The SMILES string of the molecule is CC(C)(C)[Si](C)(C)OCC(Cc1ccccc1)CN(CCN)Cc1ccccc1. The molecule has 0 bridgehead atoms. The summed E-state index contributed by atoms with van der Waals surface area (Å²) in [6, 6.07) is 21.5. The summed E-state index contributed by atoms with van der Waals surface area (Å²) in [5, 5.41) is 0.227. The van der Waals surface area contributed by atoms with Gasteiger partial charge in [-0.25, -0.2) is 0 Å². The van der Waals surface area contributed by atoms with Crippen LogP contribution in [0, 0.1) is 5.92 Å². The summed E-state index contributed by atoms with van der Waals surface area (Å²) >= 11 is 0. The molecule has 1 atom stereocenters. The van der Waals surface area contributed by atoms with Crippen LogP contribution in [0.15, 0.2) is 60.7 Å². The number of nitrogens with two attached hydrogens (primary N) is 1. The molecule has 0 aliphatic carbocycles. The molecule has 0 aromatic heterocycles. The van der Waals surface area contributed by atoms with Gasteiger partial charge in [-0.05, 0) is 41.6 Å². The van der Waals surface area contributed by atoms with Crippen LogP contribution in [0.3, 0.4) is 0 Å². The molecule has 2 aromatic carbocycles. The van der Waals surface area contributed by atoms with Gasteiger partial charge in [0.05, 0.1) is 0 Å². The zero-order valence-electron chi connectivity index (χ0n) is 19.0. The van der Waals surface area contributed by atoms with Crippen LogP contribution in [0.25, 0.3) is 0 Å². The fraction of sp³-hybridized carbons (Fsp3) is 0.520. The molecule has 4 heteroatoms. The molecule has 0 aliphatic rings. The van der Waals surface area contributed by atoms with E-state index in [9.17, 15) is 0 Å². The molecule has 1 unspecified atom stereocenters. The third kappa shape index (κ3) is 8.05. The van der Waals surface area contributed by atoms with Gasteiger partial charge in [0.15, 0.2) is 8.32 Å². The number of hydrogen-bond donors (Lipinski definition) is 1. The number of hydrogen-bond acceptors (Lipinski definition) is 3. The summed E-state index contributed by atoms with van der Waals surface area (Å²) in [5.74, 6) is 0.446. The highest BCUT2D eigenvalue weighted by molar-refractivity contribution is 6.74. The maximum Gasteiger partial charge on any atom is 0.191 e. The molecular formula is C25H40N2OSi. The zero-order valence-corrected chi connectivity index (χ0v) is 20.0. The molecule has 0 amide bonds. The van der Waals surface area contributed by atoms with Crippen molar-refractivity contribution in [3.8, 4) is 0 Å². The lowest BCUT2D eigenvalue weighted by atomic mass is 9.99. The molecule has 0 saturated carbocycles. The van der Waals surface area contributed by atoms with Gasteiger partial charge in [-0.1, -0.05) is 81.4 Å². The van der Waals surface area contributed by atoms with Crippen LogP contribution in [0.5, 0.6) is 0 Å². The minimum atomic E-state index is -1.77. The smallest absolute Gasteiger partial charge is 0.191 e. The molecule has 3 nitrogen and oxygen atoms in total. The van der Waals surface area contributed by atoms with E-state index in [0.29, 0.717) is 12.5 Å². The number of benzene rings is 2. The third-order valence-corrected chi connectivity index (χ3v) is 10.6. The van der Waals surface area contributed by atoms with Crippen LogP contribution >= 0.6 is 0 Å². The van der Waals surface area contributed by atoms with Gasteiger partial charge in [0, 0.05) is 32.8 Å². The van der Waals surface area contributed by atoms with Crippen LogP contribution in [0.1, 0.15) is 31.9 Å². The van der Waals surface area contributed by atoms with Crippen LogP contribution in [0.2, 0.25) is 18.1 Å². The minimum absolute atomic E-state index is 0.227. The largest absolute Gasteiger partial charge is 0.416 e. The van der Waals surface area contributed by atoms with Crippen molar-refractivity contribution in [1.29, 1.82) is 0 Å². The summed E-state index contributed by atoms with van der Waals surface area (Å²) in [5.41, 5.74) is 8.66. The monoisotopic (exact) mass is 412 g/mol. The molecule has 2 rings (SSSR count). The Morgan fingerprint density at radius 3 is 2.00 bits per heavy atom. The van der Waals surface area contributed by atoms with E-state index in [4.69, 9.17) is 10.2 Å². The highest BCUT2D eigenvalue weighted by atomic mass is 28.4. The maximum atomic E-state index is 6.64. The first-order valence-electron chi connectivity index (χ1n) is 10.9. The second kappa shape index (κ2) is 11.1. The van der Waals surface area contributed by atoms with E-state index in [1.165, 1.54) is 11.1 Å². The Hall–Kier alpha value is -1.46. The fourth-order valence-electron chi connectivity index (χ4n) is 3.29. The van der Waals surface area contributed by atoms with E-state index < -0.39 is 8.32 Å². The van der Waals surface area contributed by atoms with Crippen LogP contribution in [0.4, 0.5) is 0 Å². The van der Waals surface area contributed by atoms with E-state index in [2.05, 4.69) is 99.4 Å². The molecule has 2 N–H and O–H groups in total. The molecule has 0 heterocycles. The zero-order chi connectivity index (χ0) is 21.3. The standard InChI is InChI=1S/C25H40N2OSi/c1-25(2,3)29(4,5)28-21-24(18-22-12-8-6-9-13-22)20-27(17-16-26)19-23-14-10-7-11-15-23/h6-15,24H,16-21,26H2,1-5H3. The van der Waals surface area contributed by atoms with Gasteiger partial charge >= 0.3 is 0 Å². The van der Waals surface area contributed by atoms with E-state index >= 15 is 0 Å². The summed E-state index contributed by atoms with van der Waals surface area (Å²) in [6.45, 7) is 15.9. The van der Waals surface area contributed by atoms with Crippen LogP contribution in [-0.4, -0.2) is 39.5 Å². The molecule has 0 aliphatic heterocycles. The highest BCUT2D eigenvalue weighted by Gasteiger charge is 2.37. The molecule has 2 aromatic rings. The normalized spacial score (nSPS) is 13.6. The Bertz CT molecular complexity index is 698. The molecule has 29 heavy (non-hydrogen) atoms. The number of nitrogens with zero attached hydrogens (tertiary/aromatic N) is 1. The van der Waals surface area contributed by atoms with Crippen molar-refractivity contribution in [1.82, 2.24) is 4.90 Å². The van der Waals surface area contributed by atoms with Crippen molar-refractivity contribution in [3.05, 3.63) is 71.8 Å². The Morgan fingerprint density at radius 1 is 0.931 bits per heavy atom.